The molecule has 340 valence electrons. The van der Waals surface area contributed by atoms with Crippen molar-refractivity contribution in [1.82, 2.24) is 0 Å². The van der Waals surface area contributed by atoms with Gasteiger partial charge in [-0.05, 0) is 33.4 Å². The minimum absolute atomic E-state index is 0.0454. The van der Waals surface area contributed by atoms with E-state index in [4.69, 9.17) is 42.6 Å². The Labute approximate surface area is 381 Å². The summed E-state index contributed by atoms with van der Waals surface area (Å²) in [5.41, 5.74) is 5.64. The maximum atomic E-state index is 12.0. The highest BCUT2D eigenvalue weighted by Gasteiger charge is 2.51. The van der Waals surface area contributed by atoms with Gasteiger partial charge in [-0.3, -0.25) is 0 Å². The minimum atomic E-state index is -1.41. The fourth-order valence-electron chi connectivity index (χ4n) is 8.02. The van der Waals surface area contributed by atoms with Crippen LogP contribution < -0.4 is 0 Å². The zero-order valence-electron chi connectivity index (χ0n) is 36.3. The molecule has 10 atom stereocenters. The second kappa shape index (κ2) is 24.4. The molecule has 0 unspecified atom stereocenters. The van der Waals surface area contributed by atoms with Gasteiger partial charge in [0.1, 0.15) is 48.8 Å². The fourth-order valence-corrected chi connectivity index (χ4v) is 8.02. The summed E-state index contributed by atoms with van der Waals surface area (Å²) in [5, 5.41) is 23.8. The largest absolute Gasteiger partial charge is 0.387 e. The average molecular weight is 883 g/mol. The standard InChI is InChI=1S/C54H58O11/c55-47-45(37-57-31-39-19-7-1-8-20-39)65-54(52(62-36-44-29-17-6-18-30-44)49(47)59-33-41-23-11-3-12-24-41)63-38-46-48(58-32-40-21-9-2-10-22-40)50(60-34-42-25-13-4-14-26-42)51(53(56)64-46)61-35-43-27-15-5-16-28-43/h1-30,45-56H,31-38H2/t45-,46-,47-,48-,49+,50+,51-,52-,53-,54-/m1/s1. The van der Waals surface area contributed by atoms with Gasteiger partial charge < -0.3 is 52.8 Å². The summed E-state index contributed by atoms with van der Waals surface area (Å²) in [6.45, 7) is 1.30. The summed E-state index contributed by atoms with van der Waals surface area (Å²) < 4.78 is 59.0. The van der Waals surface area contributed by atoms with Crippen LogP contribution in [0, 0.1) is 0 Å². The van der Waals surface area contributed by atoms with E-state index in [0.717, 1.165) is 33.4 Å². The van der Waals surface area contributed by atoms with E-state index in [1.165, 1.54) is 0 Å². The first kappa shape index (κ1) is 46.4. The summed E-state index contributed by atoms with van der Waals surface area (Å²) in [6, 6.07) is 58.7. The van der Waals surface area contributed by atoms with Crippen molar-refractivity contribution in [2.24, 2.45) is 0 Å². The Balaban J connectivity index is 1.07. The lowest BCUT2D eigenvalue weighted by atomic mass is 9.97. The van der Waals surface area contributed by atoms with E-state index < -0.39 is 61.4 Å². The van der Waals surface area contributed by atoms with Crippen molar-refractivity contribution in [2.75, 3.05) is 13.2 Å². The molecule has 2 heterocycles. The molecule has 0 aliphatic carbocycles. The quantitative estimate of drug-likeness (QED) is 0.0691. The Hall–Kier alpha value is -5.12. The van der Waals surface area contributed by atoms with Gasteiger partial charge in [0, 0.05) is 0 Å². The molecule has 11 nitrogen and oxygen atoms in total. The number of ether oxygens (including phenoxy) is 9. The summed E-state index contributed by atoms with van der Waals surface area (Å²) in [5.74, 6) is 0. The molecule has 11 heteroatoms. The first-order valence-corrected chi connectivity index (χ1v) is 22.3. The first-order valence-electron chi connectivity index (χ1n) is 22.3. The number of aliphatic hydroxyl groups is 2. The minimum Gasteiger partial charge on any atom is -0.387 e. The van der Waals surface area contributed by atoms with E-state index in [0.29, 0.717) is 6.61 Å². The lowest BCUT2D eigenvalue weighted by molar-refractivity contribution is -0.346. The number of aliphatic hydroxyl groups excluding tert-OH is 2. The Bertz CT molecular complexity index is 2210. The van der Waals surface area contributed by atoms with Crippen molar-refractivity contribution >= 4 is 0 Å². The summed E-state index contributed by atoms with van der Waals surface area (Å²) in [6.07, 6.45) is -9.73. The van der Waals surface area contributed by atoms with E-state index in [1.807, 2.05) is 182 Å². The van der Waals surface area contributed by atoms with Gasteiger partial charge in [-0.15, -0.1) is 0 Å². The van der Waals surface area contributed by atoms with Gasteiger partial charge in [-0.1, -0.05) is 182 Å². The molecule has 2 fully saturated rings. The van der Waals surface area contributed by atoms with E-state index in [-0.39, 0.29) is 46.2 Å². The molecule has 0 bridgehead atoms. The van der Waals surface area contributed by atoms with Crippen LogP contribution in [0.5, 0.6) is 0 Å². The van der Waals surface area contributed by atoms with Crippen molar-refractivity contribution in [3.63, 3.8) is 0 Å². The normalized spacial score (nSPS) is 25.6. The molecule has 0 amide bonds. The molecular weight excluding hydrogens is 825 g/mol. The smallest absolute Gasteiger partial charge is 0.187 e. The van der Waals surface area contributed by atoms with Crippen LogP contribution in [-0.2, 0) is 82.3 Å². The lowest BCUT2D eigenvalue weighted by Gasteiger charge is -2.46. The van der Waals surface area contributed by atoms with Gasteiger partial charge in [-0.2, -0.15) is 0 Å². The van der Waals surface area contributed by atoms with Gasteiger partial charge in [0.15, 0.2) is 12.6 Å². The third-order valence-corrected chi connectivity index (χ3v) is 11.5. The Morgan fingerprint density at radius 3 is 1.11 bits per heavy atom. The van der Waals surface area contributed by atoms with E-state index >= 15 is 0 Å². The van der Waals surface area contributed by atoms with Gasteiger partial charge in [-0.25, -0.2) is 0 Å². The SMILES string of the molecule is O[C@H]1[C@H](OCc2ccccc2)[C@@H](OCc2ccccc2)[C@H](OC[C@H]2O[C@@H](O)[C@H](OCc3ccccc3)[C@@H](OCc3ccccc3)[C@@H]2OCc2ccccc2)O[C@@H]1COCc1ccccc1. The number of hydrogen-bond acceptors (Lipinski definition) is 11. The highest BCUT2D eigenvalue weighted by molar-refractivity contribution is 5.18. The van der Waals surface area contributed by atoms with Crippen molar-refractivity contribution in [3.05, 3.63) is 215 Å². The highest BCUT2D eigenvalue weighted by atomic mass is 16.7. The molecule has 2 aliphatic heterocycles. The highest BCUT2D eigenvalue weighted by Crippen LogP contribution is 2.33. The molecule has 0 aromatic heterocycles. The third-order valence-electron chi connectivity index (χ3n) is 11.5. The predicted molar refractivity (Wildman–Crippen MR) is 243 cm³/mol. The summed E-state index contributed by atoms with van der Waals surface area (Å²) in [7, 11) is 0. The Morgan fingerprint density at radius 1 is 0.323 bits per heavy atom. The van der Waals surface area contributed by atoms with Crippen molar-refractivity contribution in [3.8, 4) is 0 Å². The van der Waals surface area contributed by atoms with Crippen LogP contribution in [-0.4, -0.2) is 84.8 Å². The van der Waals surface area contributed by atoms with E-state index in [2.05, 4.69) is 0 Å². The van der Waals surface area contributed by atoms with Crippen molar-refractivity contribution < 1.29 is 52.8 Å². The van der Waals surface area contributed by atoms with Crippen LogP contribution in [0.15, 0.2) is 182 Å². The monoisotopic (exact) mass is 882 g/mol. The molecule has 65 heavy (non-hydrogen) atoms. The maximum absolute atomic E-state index is 12.0. The maximum Gasteiger partial charge on any atom is 0.187 e. The number of rotatable bonds is 22. The molecule has 2 N–H and O–H groups in total. The molecule has 6 aromatic carbocycles. The summed E-state index contributed by atoms with van der Waals surface area (Å²) in [4.78, 5) is 0. The molecule has 0 spiro atoms. The molecule has 2 aliphatic rings. The second-order valence-electron chi connectivity index (χ2n) is 16.2. The van der Waals surface area contributed by atoms with Crippen LogP contribution in [0.25, 0.3) is 0 Å². The molecular formula is C54H58O11. The molecule has 8 rings (SSSR count). The van der Waals surface area contributed by atoms with E-state index in [1.54, 1.807) is 0 Å². The van der Waals surface area contributed by atoms with Crippen LogP contribution in [0.2, 0.25) is 0 Å². The third kappa shape index (κ3) is 13.5. The number of benzene rings is 6. The van der Waals surface area contributed by atoms with Crippen LogP contribution in [0.1, 0.15) is 33.4 Å². The van der Waals surface area contributed by atoms with E-state index in [9.17, 15) is 10.2 Å². The van der Waals surface area contributed by atoms with Crippen molar-refractivity contribution in [1.29, 1.82) is 0 Å². The number of hydrogen-bond donors (Lipinski definition) is 2. The van der Waals surface area contributed by atoms with Crippen LogP contribution in [0.3, 0.4) is 0 Å². The molecule has 0 radical (unpaired) electrons. The van der Waals surface area contributed by atoms with Crippen LogP contribution >= 0.6 is 0 Å². The lowest BCUT2D eigenvalue weighted by Crippen LogP contribution is -2.63. The van der Waals surface area contributed by atoms with Gasteiger partial charge in [0.25, 0.3) is 0 Å². The average Bonchev–Trinajstić information content (AvgIpc) is 3.36. The Kier molecular flexibility index (Phi) is 17.4. The predicted octanol–water partition coefficient (Wildman–Crippen LogP) is 7.95. The van der Waals surface area contributed by atoms with Crippen LogP contribution in [0.4, 0.5) is 0 Å². The molecule has 0 saturated carbocycles. The van der Waals surface area contributed by atoms with Gasteiger partial charge in [0.05, 0.1) is 52.9 Å². The zero-order chi connectivity index (χ0) is 44.5. The zero-order valence-corrected chi connectivity index (χ0v) is 36.3. The summed E-state index contributed by atoms with van der Waals surface area (Å²) >= 11 is 0. The topological polar surface area (TPSA) is 124 Å². The fraction of sp³-hybridized carbons (Fsp3) is 0.333. The molecule has 2 saturated heterocycles. The van der Waals surface area contributed by atoms with Gasteiger partial charge in [0.2, 0.25) is 0 Å². The second-order valence-corrected chi connectivity index (χ2v) is 16.2. The first-order chi connectivity index (χ1) is 32.1. The molecule has 6 aromatic rings. The Morgan fingerprint density at radius 2 is 0.677 bits per heavy atom. The van der Waals surface area contributed by atoms with Gasteiger partial charge >= 0.3 is 0 Å². The van der Waals surface area contributed by atoms with Crippen molar-refractivity contribution in [2.45, 2.75) is 101 Å².